The van der Waals surface area contributed by atoms with Crippen molar-refractivity contribution in [1.82, 2.24) is 0 Å². The summed E-state index contributed by atoms with van der Waals surface area (Å²) in [5, 5.41) is 0.163. The highest BCUT2D eigenvalue weighted by molar-refractivity contribution is 7.82. The Morgan fingerprint density at radius 2 is 1.56 bits per heavy atom. The van der Waals surface area contributed by atoms with E-state index in [2.05, 4.69) is 0 Å². The quantitative estimate of drug-likeness (QED) is 0.863. The standard InChI is InChI=1S/C14H13O3P/c1-11-7-9-12(10-8-11)14(15)18(16,17)13-5-3-2-4-6-13/h2-10H,1H3,(H,16,17). The molecular formula is C14H13O3P. The van der Waals surface area contributed by atoms with E-state index in [0.717, 1.165) is 5.56 Å². The van der Waals surface area contributed by atoms with Crippen molar-refractivity contribution >= 4 is 18.2 Å². The Hall–Kier alpha value is -1.70. The van der Waals surface area contributed by atoms with Crippen LogP contribution >= 0.6 is 7.37 Å². The lowest BCUT2D eigenvalue weighted by atomic mass is 10.2. The fourth-order valence-corrected chi connectivity index (χ4v) is 2.93. The molecule has 2 aromatic carbocycles. The minimum Gasteiger partial charge on any atom is -0.336 e. The normalized spacial score (nSPS) is 13.9. The van der Waals surface area contributed by atoms with Crippen LogP contribution in [0.1, 0.15) is 15.9 Å². The van der Waals surface area contributed by atoms with Crippen LogP contribution in [-0.4, -0.2) is 10.4 Å². The first kappa shape index (κ1) is 12.7. The van der Waals surface area contributed by atoms with Gasteiger partial charge in [-0.2, -0.15) is 0 Å². The lowest BCUT2D eigenvalue weighted by Crippen LogP contribution is -2.12. The van der Waals surface area contributed by atoms with Crippen molar-refractivity contribution in [2.24, 2.45) is 0 Å². The number of benzene rings is 2. The number of carbonyl (C=O) groups excluding carboxylic acids is 1. The summed E-state index contributed by atoms with van der Waals surface area (Å²) < 4.78 is 12.2. The fourth-order valence-electron chi connectivity index (χ4n) is 1.62. The van der Waals surface area contributed by atoms with Crippen LogP contribution < -0.4 is 5.30 Å². The van der Waals surface area contributed by atoms with Gasteiger partial charge in [-0.15, -0.1) is 0 Å². The minimum atomic E-state index is -4.01. The summed E-state index contributed by atoms with van der Waals surface area (Å²) in [5.74, 6) is 0. The van der Waals surface area contributed by atoms with Gasteiger partial charge in [0.2, 0.25) is 0 Å². The molecule has 18 heavy (non-hydrogen) atoms. The van der Waals surface area contributed by atoms with Crippen molar-refractivity contribution in [3.63, 3.8) is 0 Å². The van der Waals surface area contributed by atoms with Crippen LogP contribution in [0.4, 0.5) is 0 Å². The van der Waals surface area contributed by atoms with Gasteiger partial charge in [0.05, 0.1) is 0 Å². The van der Waals surface area contributed by atoms with Crippen molar-refractivity contribution in [2.45, 2.75) is 6.92 Å². The molecule has 0 saturated heterocycles. The van der Waals surface area contributed by atoms with Crippen LogP contribution in [0.2, 0.25) is 0 Å². The second-order valence-electron chi connectivity index (χ2n) is 4.08. The molecule has 0 amide bonds. The first-order valence-electron chi connectivity index (χ1n) is 5.52. The van der Waals surface area contributed by atoms with Crippen LogP contribution in [0.5, 0.6) is 0 Å². The molecule has 0 fully saturated rings. The molecule has 0 aliphatic rings. The maximum atomic E-state index is 12.2. The van der Waals surface area contributed by atoms with Gasteiger partial charge in [-0.05, 0) is 19.1 Å². The van der Waals surface area contributed by atoms with Crippen LogP contribution in [0.3, 0.4) is 0 Å². The smallest absolute Gasteiger partial charge is 0.298 e. The van der Waals surface area contributed by atoms with E-state index in [9.17, 15) is 14.3 Å². The predicted octanol–water partition coefficient (Wildman–Crippen LogP) is 2.73. The Balaban J connectivity index is 2.39. The van der Waals surface area contributed by atoms with Gasteiger partial charge in [-0.1, -0.05) is 48.0 Å². The van der Waals surface area contributed by atoms with Crippen LogP contribution in [0, 0.1) is 6.92 Å². The van der Waals surface area contributed by atoms with Crippen molar-refractivity contribution in [3.8, 4) is 0 Å². The van der Waals surface area contributed by atoms with Crippen molar-refractivity contribution in [3.05, 3.63) is 65.7 Å². The molecule has 3 nitrogen and oxygen atoms in total. The van der Waals surface area contributed by atoms with E-state index in [1.54, 1.807) is 42.5 Å². The molecule has 0 aliphatic carbocycles. The molecule has 0 bridgehead atoms. The van der Waals surface area contributed by atoms with Crippen LogP contribution in [0.15, 0.2) is 54.6 Å². The number of hydrogen-bond acceptors (Lipinski definition) is 2. The van der Waals surface area contributed by atoms with Gasteiger partial charge in [-0.3, -0.25) is 9.36 Å². The number of rotatable bonds is 3. The maximum Gasteiger partial charge on any atom is 0.298 e. The second kappa shape index (κ2) is 4.89. The highest BCUT2D eigenvalue weighted by atomic mass is 31.2. The lowest BCUT2D eigenvalue weighted by Gasteiger charge is -2.10. The Bertz CT molecular complexity index is 603. The summed E-state index contributed by atoms with van der Waals surface area (Å²) in [6.07, 6.45) is 0. The zero-order valence-electron chi connectivity index (χ0n) is 9.91. The highest BCUT2D eigenvalue weighted by Crippen LogP contribution is 2.42. The third kappa shape index (κ3) is 2.42. The lowest BCUT2D eigenvalue weighted by molar-refractivity contribution is 0.106. The van der Waals surface area contributed by atoms with E-state index in [4.69, 9.17) is 0 Å². The summed E-state index contributed by atoms with van der Waals surface area (Å²) in [5.41, 5.74) is 0.531. The number of carbonyl (C=O) groups is 1. The zero-order chi connectivity index (χ0) is 13.2. The molecule has 0 spiro atoms. The molecule has 4 heteroatoms. The second-order valence-corrected chi connectivity index (χ2v) is 6.16. The maximum absolute atomic E-state index is 12.2. The monoisotopic (exact) mass is 260 g/mol. The Morgan fingerprint density at radius 3 is 2.11 bits per heavy atom. The van der Waals surface area contributed by atoms with E-state index < -0.39 is 12.9 Å². The van der Waals surface area contributed by atoms with Gasteiger partial charge < -0.3 is 4.89 Å². The molecule has 2 rings (SSSR count). The SMILES string of the molecule is Cc1ccc(C(=O)P(=O)(O)c2ccccc2)cc1. The topological polar surface area (TPSA) is 54.4 Å². The third-order valence-corrected chi connectivity index (χ3v) is 4.49. The summed E-state index contributed by atoms with van der Waals surface area (Å²) in [7, 11) is -4.01. The van der Waals surface area contributed by atoms with Crippen molar-refractivity contribution in [2.75, 3.05) is 0 Å². The zero-order valence-corrected chi connectivity index (χ0v) is 10.8. The van der Waals surface area contributed by atoms with Crippen LogP contribution in [0.25, 0.3) is 0 Å². The summed E-state index contributed by atoms with van der Waals surface area (Å²) in [4.78, 5) is 22.0. The van der Waals surface area contributed by atoms with E-state index >= 15 is 0 Å². The predicted molar refractivity (Wildman–Crippen MR) is 71.4 cm³/mol. The van der Waals surface area contributed by atoms with E-state index in [1.807, 2.05) is 6.92 Å². The van der Waals surface area contributed by atoms with E-state index in [1.165, 1.54) is 12.1 Å². The van der Waals surface area contributed by atoms with Crippen molar-refractivity contribution in [1.29, 1.82) is 0 Å². The molecule has 2 aromatic rings. The Labute approximate surface area is 106 Å². The molecule has 1 N–H and O–H groups in total. The van der Waals surface area contributed by atoms with E-state index in [0.29, 0.717) is 0 Å². The molecule has 0 aliphatic heterocycles. The molecule has 0 saturated carbocycles. The first-order chi connectivity index (χ1) is 8.51. The fraction of sp³-hybridized carbons (Fsp3) is 0.0714. The molecule has 0 radical (unpaired) electrons. The summed E-state index contributed by atoms with van der Waals surface area (Å²) >= 11 is 0. The molecular weight excluding hydrogens is 247 g/mol. The van der Waals surface area contributed by atoms with Crippen LogP contribution in [-0.2, 0) is 4.57 Å². The van der Waals surface area contributed by atoms with Gasteiger partial charge in [0.15, 0.2) is 0 Å². The first-order valence-corrected chi connectivity index (χ1v) is 7.18. The van der Waals surface area contributed by atoms with Gasteiger partial charge in [0.25, 0.3) is 12.9 Å². The Morgan fingerprint density at radius 1 is 1.00 bits per heavy atom. The van der Waals surface area contributed by atoms with Gasteiger partial charge >= 0.3 is 0 Å². The third-order valence-electron chi connectivity index (χ3n) is 2.68. The summed E-state index contributed by atoms with van der Waals surface area (Å²) in [6.45, 7) is 1.89. The van der Waals surface area contributed by atoms with Gasteiger partial charge in [0.1, 0.15) is 0 Å². The van der Waals surface area contributed by atoms with E-state index in [-0.39, 0.29) is 10.9 Å². The minimum absolute atomic E-state index is 0.163. The Kier molecular flexibility index (Phi) is 3.46. The van der Waals surface area contributed by atoms with Crippen molar-refractivity contribution < 1.29 is 14.3 Å². The number of hydrogen-bond donors (Lipinski definition) is 1. The van der Waals surface area contributed by atoms with Gasteiger partial charge in [0, 0.05) is 10.9 Å². The molecule has 1 atom stereocenters. The largest absolute Gasteiger partial charge is 0.336 e. The highest BCUT2D eigenvalue weighted by Gasteiger charge is 2.31. The molecule has 1 unspecified atom stereocenters. The summed E-state index contributed by atoms with van der Waals surface area (Å²) in [6, 6.07) is 14.6. The molecule has 0 heterocycles. The number of aryl methyl sites for hydroxylation is 1. The average molecular weight is 260 g/mol. The average Bonchev–Trinajstić information content (AvgIpc) is 2.40. The van der Waals surface area contributed by atoms with Gasteiger partial charge in [-0.25, -0.2) is 0 Å². The molecule has 92 valence electrons. The molecule has 0 aromatic heterocycles.